The summed E-state index contributed by atoms with van der Waals surface area (Å²) >= 11 is 0. The van der Waals surface area contributed by atoms with E-state index in [-0.39, 0.29) is 40.7 Å². The first kappa shape index (κ1) is 26.4. The summed E-state index contributed by atoms with van der Waals surface area (Å²) in [6.45, 7) is 11.1. The summed E-state index contributed by atoms with van der Waals surface area (Å²) in [6.07, 6.45) is 4.19. The smallest absolute Gasteiger partial charge is 0.278 e. The molecule has 3 aromatic rings. The number of piperazine rings is 1. The molecule has 9 nitrogen and oxygen atoms in total. The van der Waals surface area contributed by atoms with Gasteiger partial charge in [0.15, 0.2) is 23.1 Å². The zero-order chi connectivity index (χ0) is 26.6. The van der Waals surface area contributed by atoms with Crippen LogP contribution in [0.4, 0.5) is 20.3 Å². The molecule has 1 aromatic carbocycles. The van der Waals surface area contributed by atoms with Gasteiger partial charge in [-0.25, -0.2) is 18.7 Å². The Morgan fingerprint density at radius 3 is 2.57 bits per heavy atom. The van der Waals surface area contributed by atoms with Gasteiger partial charge in [0.2, 0.25) is 0 Å². The minimum atomic E-state index is -0.757. The van der Waals surface area contributed by atoms with Crippen LogP contribution < -0.4 is 15.8 Å². The zero-order valence-corrected chi connectivity index (χ0v) is 21.2. The molecule has 37 heavy (non-hydrogen) atoms. The topological polar surface area (TPSA) is 110 Å². The highest BCUT2D eigenvalue weighted by molar-refractivity contribution is 6.05. The van der Waals surface area contributed by atoms with Crippen LogP contribution in [0.2, 0.25) is 0 Å². The summed E-state index contributed by atoms with van der Waals surface area (Å²) in [5, 5.41) is 2.59. The highest BCUT2D eigenvalue weighted by Gasteiger charge is 2.25. The molecule has 0 bridgehead atoms. The van der Waals surface area contributed by atoms with Crippen LogP contribution >= 0.6 is 0 Å². The van der Waals surface area contributed by atoms with Crippen molar-refractivity contribution < 1.29 is 18.3 Å². The van der Waals surface area contributed by atoms with Crippen molar-refractivity contribution in [1.29, 1.82) is 0 Å². The molecule has 0 spiro atoms. The number of aromatic nitrogens is 3. The molecule has 1 saturated heterocycles. The van der Waals surface area contributed by atoms with Gasteiger partial charge < -0.3 is 15.8 Å². The van der Waals surface area contributed by atoms with E-state index < -0.39 is 17.5 Å². The molecular formula is C26H31F2N7O2. The second kappa shape index (κ2) is 11.1. The monoisotopic (exact) mass is 511 g/mol. The second-order valence-electron chi connectivity index (χ2n) is 9.80. The van der Waals surface area contributed by atoms with Crippen LogP contribution in [0.25, 0.3) is 11.3 Å². The molecular weight excluding hydrogens is 480 g/mol. The van der Waals surface area contributed by atoms with Gasteiger partial charge in [0.25, 0.3) is 5.91 Å². The maximum atomic E-state index is 15.0. The first-order chi connectivity index (χ1) is 17.6. The highest BCUT2D eigenvalue weighted by atomic mass is 19.1. The number of pyridine rings is 1. The van der Waals surface area contributed by atoms with Crippen LogP contribution in [0.1, 0.15) is 31.3 Å². The van der Waals surface area contributed by atoms with Gasteiger partial charge in [-0.1, -0.05) is 0 Å². The maximum Gasteiger partial charge on any atom is 0.278 e. The van der Waals surface area contributed by atoms with Gasteiger partial charge in [-0.3, -0.25) is 19.6 Å². The first-order valence-electron chi connectivity index (χ1n) is 12.1. The van der Waals surface area contributed by atoms with Crippen molar-refractivity contribution in [3.05, 3.63) is 60.2 Å². The van der Waals surface area contributed by atoms with Crippen molar-refractivity contribution >= 4 is 17.4 Å². The number of carbonyl (C=O) groups is 1. The Kier molecular flexibility index (Phi) is 7.94. The predicted octanol–water partition coefficient (Wildman–Crippen LogP) is 3.45. The minimum absolute atomic E-state index is 0.0368. The van der Waals surface area contributed by atoms with E-state index >= 15 is 0 Å². The van der Waals surface area contributed by atoms with Crippen molar-refractivity contribution in [3.63, 3.8) is 0 Å². The fourth-order valence-electron chi connectivity index (χ4n) is 4.08. The quantitative estimate of drug-likeness (QED) is 0.497. The van der Waals surface area contributed by atoms with Crippen molar-refractivity contribution in [3.8, 4) is 17.0 Å². The molecule has 1 aliphatic rings. The number of anilines is 2. The summed E-state index contributed by atoms with van der Waals surface area (Å²) in [5.74, 6) is -2.48. The normalized spacial score (nSPS) is 14.9. The molecule has 1 fully saturated rings. The number of halogens is 2. The van der Waals surface area contributed by atoms with E-state index in [4.69, 9.17) is 10.5 Å². The second-order valence-corrected chi connectivity index (χ2v) is 9.80. The lowest BCUT2D eigenvalue weighted by molar-refractivity contribution is 0.0561. The number of nitrogens with two attached hydrogens (primary N) is 1. The van der Waals surface area contributed by atoms with Gasteiger partial charge in [-0.05, 0) is 39.0 Å². The highest BCUT2D eigenvalue weighted by Crippen LogP contribution is 2.29. The van der Waals surface area contributed by atoms with E-state index in [1.54, 1.807) is 18.3 Å². The Hall–Kier alpha value is -3.70. The molecule has 0 atom stereocenters. The summed E-state index contributed by atoms with van der Waals surface area (Å²) in [7, 11) is 0. The van der Waals surface area contributed by atoms with Gasteiger partial charge in [0, 0.05) is 56.1 Å². The van der Waals surface area contributed by atoms with E-state index in [0.717, 1.165) is 38.3 Å². The molecule has 11 heteroatoms. The predicted molar refractivity (Wildman–Crippen MR) is 137 cm³/mol. The molecule has 1 amide bonds. The Labute approximate surface area is 214 Å². The number of benzene rings is 1. The number of hydrogen-bond donors (Lipinski definition) is 2. The van der Waals surface area contributed by atoms with Crippen LogP contribution in [0.5, 0.6) is 5.75 Å². The van der Waals surface area contributed by atoms with Crippen molar-refractivity contribution in [2.75, 3.05) is 50.4 Å². The summed E-state index contributed by atoms with van der Waals surface area (Å²) < 4.78 is 35.3. The third-order valence-corrected chi connectivity index (χ3v) is 6.22. The van der Waals surface area contributed by atoms with Gasteiger partial charge in [0.1, 0.15) is 12.4 Å². The van der Waals surface area contributed by atoms with Crippen LogP contribution in [-0.2, 0) is 0 Å². The van der Waals surface area contributed by atoms with E-state index in [1.807, 2.05) is 0 Å². The molecule has 0 radical (unpaired) electrons. The minimum Gasteiger partial charge on any atom is -0.489 e. The fraction of sp³-hybridized carbons (Fsp3) is 0.385. The van der Waals surface area contributed by atoms with E-state index in [2.05, 4.69) is 50.8 Å². The van der Waals surface area contributed by atoms with E-state index in [1.165, 1.54) is 12.4 Å². The Morgan fingerprint density at radius 2 is 1.89 bits per heavy atom. The molecule has 0 aliphatic carbocycles. The number of nitrogens with one attached hydrogen (secondary N) is 1. The van der Waals surface area contributed by atoms with Gasteiger partial charge in [-0.2, -0.15) is 0 Å². The fourth-order valence-corrected chi connectivity index (χ4v) is 4.08. The Balaban J connectivity index is 1.41. The summed E-state index contributed by atoms with van der Waals surface area (Å²) in [4.78, 5) is 29.3. The standard InChI is InChI=1S/C26H31F2N7O2/c1-26(2,3)35-9-7-34(8-10-35)11-12-37-22-14-19(27)18(13-20(22)28)21-16-31-24(29)23(33-21)25(36)32-17-5-4-6-30-15-17/h4-6,13-16H,7-12H2,1-3H3,(H2,29,31)(H,32,36). The molecule has 0 saturated carbocycles. The number of rotatable bonds is 7. The number of hydrogen-bond acceptors (Lipinski definition) is 8. The molecule has 0 unspecified atom stereocenters. The summed E-state index contributed by atoms with van der Waals surface area (Å²) in [6, 6.07) is 5.25. The third-order valence-electron chi connectivity index (χ3n) is 6.22. The number of amides is 1. The van der Waals surface area contributed by atoms with Crippen LogP contribution in [0.3, 0.4) is 0 Å². The molecule has 1 aliphatic heterocycles. The number of ether oxygens (including phenoxy) is 1. The number of nitrogens with zero attached hydrogens (tertiary/aromatic N) is 5. The molecule has 196 valence electrons. The van der Waals surface area contributed by atoms with Crippen LogP contribution in [0, 0.1) is 11.6 Å². The maximum absolute atomic E-state index is 15.0. The molecule has 2 aromatic heterocycles. The largest absolute Gasteiger partial charge is 0.489 e. The summed E-state index contributed by atoms with van der Waals surface area (Å²) in [5.41, 5.74) is 5.96. The molecule has 4 rings (SSSR count). The zero-order valence-electron chi connectivity index (χ0n) is 21.2. The van der Waals surface area contributed by atoms with Crippen molar-refractivity contribution in [1.82, 2.24) is 24.8 Å². The average molecular weight is 512 g/mol. The molecule has 3 heterocycles. The average Bonchev–Trinajstić information content (AvgIpc) is 2.86. The van der Waals surface area contributed by atoms with Crippen molar-refractivity contribution in [2.45, 2.75) is 26.3 Å². The first-order valence-corrected chi connectivity index (χ1v) is 12.1. The lowest BCUT2D eigenvalue weighted by Gasteiger charge is -2.42. The van der Waals surface area contributed by atoms with Crippen LogP contribution in [0.15, 0.2) is 42.9 Å². The van der Waals surface area contributed by atoms with Gasteiger partial charge in [0.05, 0.1) is 23.8 Å². The van der Waals surface area contributed by atoms with Crippen LogP contribution in [-0.4, -0.2) is 75.5 Å². The van der Waals surface area contributed by atoms with E-state index in [9.17, 15) is 13.6 Å². The number of nitrogen functional groups attached to an aromatic ring is 1. The SMILES string of the molecule is CC(C)(C)N1CCN(CCOc2cc(F)c(-c3cnc(N)c(C(=O)Nc4cccnc4)n3)cc2F)CC1. The number of carbonyl (C=O) groups excluding carboxylic acids is 1. The third kappa shape index (κ3) is 6.55. The van der Waals surface area contributed by atoms with Gasteiger partial charge >= 0.3 is 0 Å². The lowest BCUT2D eigenvalue weighted by Crippen LogP contribution is -2.53. The van der Waals surface area contributed by atoms with Gasteiger partial charge in [-0.15, -0.1) is 0 Å². The molecule has 3 N–H and O–H groups in total. The Bertz CT molecular complexity index is 1240. The Morgan fingerprint density at radius 1 is 1.14 bits per heavy atom. The van der Waals surface area contributed by atoms with Crippen molar-refractivity contribution in [2.24, 2.45) is 0 Å². The van der Waals surface area contributed by atoms with E-state index in [0.29, 0.717) is 12.2 Å². The lowest BCUT2D eigenvalue weighted by atomic mass is 10.1.